The molecule has 35 heavy (non-hydrogen) atoms. The fourth-order valence-electron chi connectivity index (χ4n) is 4.96. The number of ether oxygens (including phenoxy) is 1. The second-order valence-electron chi connectivity index (χ2n) is 10.1. The first kappa shape index (κ1) is 23.0. The number of nitrogens with one attached hydrogen (secondary N) is 2. The van der Waals surface area contributed by atoms with Gasteiger partial charge in [0.05, 0.1) is 11.7 Å². The number of carbonyl (C=O) groups excluding carboxylic acids is 1. The van der Waals surface area contributed by atoms with Crippen LogP contribution in [0.1, 0.15) is 49.4 Å². The molecule has 3 aromatic rings. The lowest BCUT2D eigenvalue weighted by molar-refractivity contribution is -0.118. The smallest absolute Gasteiger partial charge is 0.163 e. The number of phenolic OH excluding ortho intramolecular Hbond substituents is 1. The van der Waals surface area contributed by atoms with Crippen LogP contribution in [0.25, 0.3) is 0 Å². The van der Waals surface area contributed by atoms with Crippen LogP contribution in [0.4, 0.5) is 15.8 Å². The van der Waals surface area contributed by atoms with Gasteiger partial charge in [-0.15, -0.1) is 0 Å². The number of aryl methyl sites for hydroxylation is 1. The Kier molecular flexibility index (Phi) is 5.75. The van der Waals surface area contributed by atoms with E-state index in [4.69, 9.17) is 4.74 Å². The number of hydrogen-bond donors (Lipinski definition) is 3. The molecule has 5 rings (SSSR count). The van der Waals surface area contributed by atoms with E-state index in [2.05, 4.69) is 10.6 Å². The number of fused-ring (bicyclic) bond motifs is 1. The summed E-state index contributed by atoms with van der Waals surface area (Å²) in [5.41, 5.74) is 4.37. The lowest BCUT2D eigenvalue weighted by atomic mass is 9.73. The van der Waals surface area contributed by atoms with Crippen LogP contribution in [0.5, 0.6) is 11.5 Å². The third kappa shape index (κ3) is 4.48. The molecule has 1 aliphatic heterocycles. The zero-order valence-corrected chi connectivity index (χ0v) is 20.1. The van der Waals surface area contributed by atoms with Gasteiger partial charge in [-0.25, -0.2) is 4.39 Å². The summed E-state index contributed by atoms with van der Waals surface area (Å²) in [7, 11) is 0. The lowest BCUT2D eigenvalue weighted by Crippen LogP contribution is -2.31. The minimum Gasteiger partial charge on any atom is -0.506 e. The minimum atomic E-state index is -0.703. The van der Waals surface area contributed by atoms with Gasteiger partial charge in [0, 0.05) is 29.3 Å². The molecule has 0 bridgehead atoms. The Morgan fingerprint density at radius 2 is 1.83 bits per heavy atom. The van der Waals surface area contributed by atoms with Gasteiger partial charge in [-0.3, -0.25) is 4.79 Å². The van der Waals surface area contributed by atoms with Crippen LogP contribution in [0.2, 0.25) is 0 Å². The van der Waals surface area contributed by atoms with E-state index in [1.165, 1.54) is 6.07 Å². The van der Waals surface area contributed by atoms with E-state index in [0.29, 0.717) is 53.4 Å². The zero-order chi connectivity index (χ0) is 24.7. The average Bonchev–Trinajstić information content (AvgIpc) is 2.98. The fraction of sp³-hybridized carbons (Fsp3) is 0.276. The molecule has 1 heterocycles. The number of carbonyl (C=O) groups is 1. The molecule has 0 aromatic heterocycles. The Hall–Kier alpha value is -3.80. The molecule has 0 amide bonds. The van der Waals surface area contributed by atoms with Crippen LogP contribution >= 0.6 is 0 Å². The van der Waals surface area contributed by atoms with Crippen molar-refractivity contribution in [1.29, 1.82) is 0 Å². The quantitative estimate of drug-likeness (QED) is 0.371. The summed E-state index contributed by atoms with van der Waals surface area (Å²) < 4.78 is 21.4. The van der Waals surface area contributed by atoms with E-state index in [9.17, 15) is 9.90 Å². The van der Waals surface area contributed by atoms with Gasteiger partial charge >= 0.3 is 0 Å². The number of halogens is 1. The molecule has 1 unspecified atom stereocenters. The number of phenols is 1. The van der Waals surface area contributed by atoms with Gasteiger partial charge in [-0.2, -0.15) is 0 Å². The predicted octanol–water partition coefficient (Wildman–Crippen LogP) is 6.64. The number of Topliss-reactive ketones (excluding diaryl/α,β-unsaturated/α-hetero) is 1. The summed E-state index contributed by atoms with van der Waals surface area (Å²) in [5, 5.41) is 17.3. The Morgan fingerprint density at radius 1 is 1.06 bits per heavy atom. The Labute approximate surface area is 204 Å². The maximum Gasteiger partial charge on any atom is 0.163 e. The van der Waals surface area contributed by atoms with E-state index in [1.54, 1.807) is 24.3 Å². The first-order valence-electron chi connectivity index (χ1n) is 11.8. The second kappa shape index (κ2) is 8.77. The largest absolute Gasteiger partial charge is 0.506 e. The first-order valence-corrected chi connectivity index (χ1v) is 11.8. The summed E-state index contributed by atoms with van der Waals surface area (Å²) in [6.07, 6.45) is 0.978. The molecule has 0 spiro atoms. The number of aromatic hydroxyl groups is 1. The fourth-order valence-corrected chi connectivity index (χ4v) is 4.96. The summed E-state index contributed by atoms with van der Waals surface area (Å²) in [5.74, 6) is 0.00162. The molecular weight excluding hydrogens is 443 g/mol. The van der Waals surface area contributed by atoms with Crippen molar-refractivity contribution >= 4 is 17.2 Å². The Morgan fingerprint density at radius 3 is 2.57 bits per heavy atom. The van der Waals surface area contributed by atoms with Crippen LogP contribution in [0, 0.1) is 18.2 Å². The van der Waals surface area contributed by atoms with Crippen molar-refractivity contribution in [3.8, 4) is 11.5 Å². The molecule has 1 atom stereocenters. The number of hydrogen-bond acceptors (Lipinski definition) is 5. The highest BCUT2D eigenvalue weighted by molar-refractivity contribution is 6.01. The number of ketones is 1. The van der Waals surface area contributed by atoms with Crippen molar-refractivity contribution in [2.24, 2.45) is 5.41 Å². The normalized spacial score (nSPS) is 18.6. The van der Waals surface area contributed by atoms with Crippen molar-refractivity contribution in [2.45, 2.75) is 46.3 Å². The van der Waals surface area contributed by atoms with Crippen LogP contribution in [0.3, 0.4) is 0 Å². The van der Waals surface area contributed by atoms with Crippen molar-refractivity contribution in [3.05, 3.63) is 94.4 Å². The molecule has 5 nitrogen and oxygen atoms in total. The Balaban J connectivity index is 1.55. The van der Waals surface area contributed by atoms with Gasteiger partial charge in [0.2, 0.25) is 0 Å². The monoisotopic (exact) mass is 472 g/mol. The lowest BCUT2D eigenvalue weighted by Gasteiger charge is -2.34. The number of benzene rings is 3. The molecule has 0 radical (unpaired) electrons. The second-order valence-corrected chi connectivity index (χ2v) is 10.1. The highest BCUT2D eigenvalue weighted by atomic mass is 19.1. The highest BCUT2D eigenvalue weighted by Crippen LogP contribution is 2.48. The van der Waals surface area contributed by atoms with Gasteiger partial charge < -0.3 is 20.5 Å². The van der Waals surface area contributed by atoms with Crippen LogP contribution in [-0.2, 0) is 11.4 Å². The third-order valence-electron chi connectivity index (χ3n) is 6.70. The molecule has 0 saturated carbocycles. The van der Waals surface area contributed by atoms with Crippen molar-refractivity contribution < 1.29 is 19.0 Å². The van der Waals surface area contributed by atoms with Crippen LogP contribution < -0.4 is 15.4 Å². The number of allylic oxidation sites excluding steroid dienone is 1. The predicted molar refractivity (Wildman–Crippen MR) is 135 cm³/mol. The SMILES string of the molecule is Cc1ccc(O)c2c1NC(c1ccc(OCc3ccccc3)cc1F)C1=C(CC(C)(C)CC1=O)N2. The zero-order valence-electron chi connectivity index (χ0n) is 20.1. The average molecular weight is 473 g/mol. The van der Waals surface area contributed by atoms with E-state index in [0.717, 1.165) is 11.1 Å². The van der Waals surface area contributed by atoms with Crippen LogP contribution in [0.15, 0.2) is 71.9 Å². The Bertz CT molecular complexity index is 1330. The molecule has 3 N–H and O–H groups in total. The van der Waals surface area contributed by atoms with E-state index in [-0.39, 0.29) is 16.9 Å². The topological polar surface area (TPSA) is 70.6 Å². The number of rotatable bonds is 4. The molecule has 1 aliphatic carbocycles. The van der Waals surface area contributed by atoms with E-state index in [1.807, 2.05) is 51.1 Å². The molecule has 0 fully saturated rings. The summed E-state index contributed by atoms with van der Waals surface area (Å²) >= 11 is 0. The highest BCUT2D eigenvalue weighted by Gasteiger charge is 2.40. The third-order valence-corrected chi connectivity index (χ3v) is 6.70. The maximum atomic E-state index is 15.6. The van der Waals surface area contributed by atoms with E-state index < -0.39 is 11.9 Å². The van der Waals surface area contributed by atoms with Gasteiger partial charge in [0.15, 0.2) is 5.78 Å². The molecule has 0 saturated heterocycles. The molecular formula is C29H29FN2O3. The van der Waals surface area contributed by atoms with Gasteiger partial charge in [0.1, 0.15) is 29.6 Å². The molecule has 180 valence electrons. The van der Waals surface area contributed by atoms with Gasteiger partial charge in [-0.05, 0) is 48.1 Å². The maximum absolute atomic E-state index is 15.6. The summed E-state index contributed by atoms with van der Waals surface area (Å²) in [4.78, 5) is 13.4. The van der Waals surface area contributed by atoms with Crippen molar-refractivity contribution in [3.63, 3.8) is 0 Å². The minimum absolute atomic E-state index is 0.0324. The van der Waals surface area contributed by atoms with Gasteiger partial charge in [0.25, 0.3) is 0 Å². The van der Waals surface area contributed by atoms with Crippen molar-refractivity contribution in [2.75, 3.05) is 10.6 Å². The van der Waals surface area contributed by atoms with Gasteiger partial charge in [-0.1, -0.05) is 50.2 Å². The van der Waals surface area contributed by atoms with E-state index >= 15 is 4.39 Å². The van der Waals surface area contributed by atoms with Crippen LogP contribution in [-0.4, -0.2) is 10.9 Å². The molecule has 2 aliphatic rings. The molecule has 3 aromatic carbocycles. The van der Waals surface area contributed by atoms with Crippen molar-refractivity contribution in [1.82, 2.24) is 0 Å². The summed E-state index contributed by atoms with van der Waals surface area (Å²) in [6.45, 7) is 6.33. The standard InChI is InChI=1S/C29H29FN2O3/c1-17-9-12-23(33)28-26(17)32-27(25-22(31-28)14-29(2,3)15-24(25)34)20-11-10-19(13-21(20)30)35-16-18-7-5-4-6-8-18/h4-13,27,31-33H,14-16H2,1-3H3. The first-order chi connectivity index (χ1) is 16.7. The molecule has 6 heteroatoms. The number of anilines is 2. The summed E-state index contributed by atoms with van der Waals surface area (Å²) in [6, 6.07) is 17.2.